The van der Waals surface area contributed by atoms with Crippen LogP contribution < -0.4 is 0 Å². The minimum absolute atomic E-state index is 0.0000926. The van der Waals surface area contributed by atoms with Gasteiger partial charge in [0.1, 0.15) is 0 Å². The van der Waals surface area contributed by atoms with Gasteiger partial charge < -0.3 is 0 Å². The van der Waals surface area contributed by atoms with Crippen LogP contribution in [0.25, 0.3) is 0 Å². The number of sulfonamides is 1. The Morgan fingerprint density at radius 1 is 1.18 bits per heavy atom. The molecule has 0 radical (unpaired) electrons. The van der Waals surface area contributed by atoms with Gasteiger partial charge in [0.25, 0.3) is 0 Å². The summed E-state index contributed by atoms with van der Waals surface area (Å²) in [5, 5.41) is 8.32. The second-order valence-electron chi connectivity index (χ2n) is 3.70. The fraction of sp³-hybridized carbons (Fsp3) is 0.875. The van der Waals surface area contributed by atoms with Crippen LogP contribution in [-0.4, -0.2) is 62.3 Å². The molecule has 1 rings (SSSR count). The van der Waals surface area contributed by atoms with E-state index < -0.39 is 28.5 Å². The van der Waals surface area contributed by atoms with E-state index in [-0.39, 0.29) is 26.2 Å². The van der Waals surface area contributed by atoms with Crippen molar-refractivity contribution in [3.8, 4) is 6.07 Å². The average molecular weight is 271 g/mol. The van der Waals surface area contributed by atoms with Crippen LogP contribution in [0.3, 0.4) is 0 Å². The predicted octanol–water partition coefficient (Wildman–Crippen LogP) is 0.0197. The van der Waals surface area contributed by atoms with Crippen molar-refractivity contribution in [2.24, 2.45) is 0 Å². The highest BCUT2D eigenvalue weighted by Gasteiger charge is 2.34. The highest BCUT2D eigenvalue weighted by Crippen LogP contribution is 2.18. The van der Waals surface area contributed by atoms with Gasteiger partial charge in [-0.25, -0.2) is 8.42 Å². The molecule has 1 aliphatic heterocycles. The minimum Gasteiger partial charge on any atom is -0.292 e. The van der Waals surface area contributed by atoms with Crippen LogP contribution in [0.1, 0.15) is 0 Å². The van der Waals surface area contributed by atoms with E-state index in [1.807, 2.05) is 0 Å². The lowest BCUT2D eigenvalue weighted by Gasteiger charge is -2.33. The van der Waals surface area contributed by atoms with Gasteiger partial charge in [-0.1, -0.05) is 0 Å². The van der Waals surface area contributed by atoms with E-state index in [0.29, 0.717) is 0 Å². The summed E-state index contributed by atoms with van der Waals surface area (Å²) in [6, 6.07) is 1.53. The van der Waals surface area contributed by atoms with Gasteiger partial charge in [0.05, 0.1) is 12.6 Å². The molecular formula is C8H12F3N3O2S. The van der Waals surface area contributed by atoms with Crippen molar-refractivity contribution < 1.29 is 21.6 Å². The molecule has 0 saturated carbocycles. The average Bonchev–Trinajstić information content (AvgIpc) is 2.15. The Morgan fingerprint density at radius 3 is 2.12 bits per heavy atom. The molecule has 0 aliphatic carbocycles. The number of nitrogens with zero attached hydrogens (tertiary/aromatic N) is 3. The quantitative estimate of drug-likeness (QED) is 0.726. The molecule has 0 N–H and O–H groups in total. The Bertz CT molecular complexity index is 393. The minimum atomic E-state index is -4.27. The van der Waals surface area contributed by atoms with E-state index in [9.17, 15) is 21.6 Å². The number of hydrogen-bond donors (Lipinski definition) is 0. The van der Waals surface area contributed by atoms with Gasteiger partial charge in [-0.2, -0.15) is 22.7 Å². The largest absolute Gasteiger partial charge is 0.401 e. The SMILES string of the molecule is N#CCS(=O)(=O)N1CCN(CC(F)(F)F)CC1. The summed E-state index contributed by atoms with van der Waals surface area (Å²) >= 11 is 0. The first-order valence-corrected chi connectivity index (χ1v) is 6.49. The fourth-order valence-corrected chi connectivity index (χ4v) is 2.66. The first kappa shape index (κ1) is 14.2. The van der Waals surface area contributed by atoms with E-state index in [2.05, 4.69) is 0 Å². The molecule has 1 heterocycles. The molecule has 0 spiro atoms. The fourth-order valence-electron chi connectivity index (χ4n) is 1.59. The van der Waals surface area contributed by atoms with Crippen molar-refractivity contribution in [1.29, 1.82) is 5.26 Å². The van der Waals surface area contributed by atoms with Crippen LogP contribution >= 0.6 is 0 Å². The van der Waals surface area contributed by atoms with Crippen LogP contribution in [0.5, 0.6) is 0 Å². The topological polar surface area (TPSA) is 64.4 Å². The number of halogens is 3. The maximum absolute atomic E-state index is 12.1. The molecule has 0 bridgehead atoms. The summed E-state index contributed by atoms with van der Waals surface area (Å²) in [6.07, 6.45) is -4.27. The number of piperazine rings is 1. The molecule has 0 aromatic rings. The highest BCUT2D eigenvalue weighted by molar-refractivity contribution is 7.89. The van der Waals surface area contributed by atoms with Gasteiger partial charge in [0.2, 0.25) is 10.0 Å². The van der Waals surface area contributed by atoms with Crippen molar-refractivity contribution in [3.05, 3.63) is 0 Å². The number of hydrogen-bond acceptors (Lipinski definition) is 4. The van der Waals surface area contributed by atoms with Crippen molar-refractivity contribution in [1.82, 2.24) is 9.21 Å². The molecule has 1 fully saturated rings. The van der Waals surface area contributed by atoms with E-state index in [0.717, 1.165) is 9.21 Å². The number of rotatable bonds is 3. The summed E-state index contributed by atoms with van der Waals surface area (Å²) in [5.41, 5.74) is 0. The summed E-state index contributed by atoms with van der Waals surface area (Å²) in [7, 11) is -3.64. The van der Waals surface area contributed by atoms with Crippen LogP contribution in [-0.2, 0) is 10.0 Å². The van der Waals surface area contributed by atoms with Crippen LogP contribution in [0.2, 0.25) is 0 Å². The van der Waals surface area contributed by atoms with Crippen LogP contribution in [0.15, 0.2) is 0 Å². The van der Waals surface area contributed by atoms with Crippen LogP contribution in [0, 0.1) is 11.3 Å². The zero-order valence-corrected chi connectivity index (χ0v) is 9.76. The first-order chi connectivity index (χ1) is 7.74. The Labute approximate surface area is 97.5 Å². The highest BCUT2D eigenvalue weighted by atomic mass is 32.2. The van der Waals surface area contributed by atoms with Crippen molar-refractivity contribution in [3.63, 3.8) is 0 Å². The Hall–Kier alpha value is -0.850. The molecule has 0 amide bonds. The maximum atomic E-state index is 12.1. The lowest BCUT2D eigenvalue weighted by molar-refractivity contribution is -0.148. The molecule has 1 aliphatic rings. The summed E-state index contributed by atoms with van der Waals surface area (Å²) in [6.45, 7) is -0.965. The first-order valence-electron chi connectivity index (χ1n) is 4.88. The maximum Gasteiger partial charge on any atom is 0.401 e. The zero-order valence-electron chi connectivity index (χ0n) is 8.94. The summed E-state index contributed by atoms with van der Waals surface area (Å²) in [5.74, 6) is -0.633. The van der Waals surface area contributed by atoms with Crippen molar-refractivity contribution >= 4 is 10.0 Å². The molecule has 9 heteroatoms. The van der Waals surface area contributed by atoms with Crippen molar-refractivity contribution in [2.45, 2.75) is 6.18 Å². The lowest BCUT2D eigenvalue weighted by Crippen LogP contribution is -2.51. The van der Waals surface area contributed by atoms with Gasteiger partial charge in [0, 0.05) is 26.2 Å². The van der Waals surface area contributed by atoms with Gasteiger partial charge in [-0.3, -0.25) is 4.90 Å². The van der Waals surface area contributed by atoms with Gasteiger partial charge >= 0.3 is 6.18 Å². The zero-order chi connectivity index (χ0) is 13.1. The molecular weight excluding hydrogens is 259 g/mol. The summed E-state index contributed by atoms with van der Waals surface area (Å²) in [4.78, 5) is 1.15. The Balaban J connectivity index is 2.50. The van der Waals surface area contributed by atoms with Gasteiger partial charge in [-0.05, 0) is 0 Å². The van der Waals surface area contributed by atoms with Crippen molar-refractivity contribution in [2.75, 3.05) is 38.5 Å². The van der Waals surface area contributed by atoms with E-state index in [1.54, 1.807) is 0 Å². The molecule has 0 aromatic heterocycles. The molecule has 98 valence electrons. The summed E-state index contributed by atoms with van der Waals surface area (Å²) < 4.78 is 60.2. The third kappa shape index (κ3) is 4.49. The normalized spacial score (nSPS) is 20.1. The third-order valence-electron chi connectivity index (χ3n) is 2.37. The second kappa shape index (κ2) is 5.20. The smallest absolute Gasteiger partial charge is 0.292 e. The third-order valence-corrected chi connectivity index (χ3v) is 4.02. The number of alkyl halides is 3. The van der Waals surface area contributed by atoms with E-state index in [1.165, 1.54) is 6.07 Å². The molecule has 1 saturated heterocycles. The molecule has 0 unspecified atom stereocenters. The standard InChI is InChI=1S/C8H12F3N3O2S/c9-8(10,11)7-13-2-4-14(5-3-13)17(15,16)6-1-12/h2-7H2. The molecule has 17 heavy (non-hydrogen) atoms. The predicted molar refractivity (Wildman–Crippen MR) is 53.5 cm³/mol. The van der Waals surface area contributed by atoms with E-state index >= 15 is 0 Å². The van der Waals surface area contributed by atoms with Gasteiger partial charge in [0.15, 0.2) is 5.75 Å². The van der Waals surface area contributed by atoms with Crippen LogP contribution in [0.4, 0.5) is 13.2 Å². The Kier molecular flexibility index (Phi) is 4.35. The molecule has 0 aromatic carbocycles. The number of nitriles is 1. The Morgan fingerprint density at radius 2 is 1.71 bits per heavy atom. The molecule has 0 atom stereocenters. The lowest BCUT2D eigenvalue weighted by atomic mass is 10.3. The van der Waals surface area contributed by atoms with E-state index in [4.69, 9.17) is 5.26 Å². The second-order valence-corrected chi connectivity index (χ2v) is 5.67. The molecule has 5 nitrogen and oxygen atoms in total. The van der Waals surface area contributed by atoms with Gasteiger partial charge in [-0.15, -0.1) is 0 Å². The monoisotopic (exact) mass is 271 g/mol.